The van der Waals surface area contributed by atoms with Crippen LogP contribution in [0.25, 0.3) is 11.3 Å². The Bertz CT molecular complexity index is 803. The van der Waals surface area contributed by atoms with Crippen molar-refractivity contribution in [3.63, 3.8) is 0 Å². The van der Waals surface area contributed by atoms with Gasteiger partial charge in [0, 0.05) is 16.8 Å². The maximum atomic E-state index is 12.2. The summed E-state index contributed by atoms with van der Waals surface area (Å²) in [6, 6.07) is 19.5. The summed E-state index contributed by atoms with van der Waals surface area (Å²) >= 11 is 5.90. The number of para-hydroxylation sites is 1. The Labute approximate surface area is 133 Å². The first kappa shape index (κ1) is 14.3. The number of rotatable bonds is 3. The fraction of sp³-hybridized carbons (Fsp3) is 0. The van der Waals surface area contributed by atoms with E-state index in [2.05, 4.69) is 4.98 Å². The number of hydrogen-bond acceptors (Lipinski definition) is 3. The maximum Gasteiger partial charge on any atom is 0.343 e. The van der Waals surface area contributed by atoms with Crippen LogP contribution in [-0.2, 0) is 0 Å². The first-order chi connectivity index (χ1) is 10.7. The van der Waals surface area contributed by atoms with Gasteiger partial charge in [-0.2, -0.15) is 0 Å². The maximum absolute atomic E-state index is 12.2. The molecule has 3 rings (SSSR count). The van der Waals surface area contributed by atoms with Gasteiger partial charge in [0.2, 0.25) is 0 Å². The quantitative estimate of drug-likeness (QED) is 0.523. The molecule has 3 aromatic rings. The number of nitrogens with zero attached hydrogens (tertiary/aromatic N) is 1. The molecule has 1 heterocycles. The van der Waals surface area contributed by atoms with E-state index in [0.29, 0.717) is 16.3 Å². The molecule has 4 heteroatoms. The van der Waals surface area contributed by atoms with Crippen LogP contribution in [0.4, 0.5) is 0 Å². The molecule has 0 bridgehead atoms. The van der Waals surface area contributed by atoms with Crippen LogP contribution in [0.2, 0.25) is 5.02 Å². The van der Waals surface area contributed by atoms with Gasteiger partial charge in [-0.3, -0.25) is 4.98 Å². The molecule has 22 heavy (non-hydrogen) atoms. The van der Waals surface area contributed by atoms with Crippen molar-refractivity contribution in [2.45, 2.75) is 0 Å². The molecule has 0 aliphatic rings. The summed E-state index contributed by atoms with van der Waals surface area (Å²) < 4.78 is 5.50. The van der Waals surface area contributed by atoms with Crippen LogP contribution < -0.4 is 4.74 Å². The van der Waals surface area contributed by atoms with E-state index in [4.69, 9.17) is 16.3 Å². The number of halogens is 1. The van der Waals surface area contributed by atoms with E-state index in [-0.39, 0.29) is 0 Å². The molecule has 0 unspecified atom stereocenters. The SMILES string of the molecule is O=C(Oc1ccccc1-c1ccccn1)c1cccc(Cl)c1. The molecule has 0 amide bonds. The van der Waals surface area contributed by atoms with Crippen LogP contribution in [0.15, 0.2) is 72.9 Å². The Morgan fingerprint density at radius 3 is 2.55 bits per heavy atom. The van der Waals surface area contributed by atoms with E-state index < -0.39 is 5.97 Å². The molecule has 0 saturated heterocycles. The van der Waals surface area contributed by atoms with Crippen LogP contribution in [-0.4, -0.2) is 11.0 Å². The first-order valence-electron chi connectivity index (χ1n) is 6.72. The van der Waals surface area contributed by atoms with Gasteiger partial charge >= 0.3 is 5.97 Å². The van der Waals surface area contributed by atoms with Crippen molar-refractivity contribution in [3.05, 3.63) is 83.5 Å². The van der Waals surface area contributed by atoms with E-state index in [0.717, 1.165) is 11.3 Å². The Hall–Kier alpha value is -2.65. The fourth-order valence-electron chi connectivity index (χ4n) is 2.06. The summed E-state index contributed by atoms with van der Waals surface area (Å²) in [4.78, 5) is 16.5. The number of ether oxygens (including phenoxy) is 1. The molecule has 0 N–H and O–H groups in total. The van der Waals surface area contributed by atoms with Gasteiger partial charge in [-0.1, -0.05) is 35.9 Å². The van der Waals surface area contributed by atoms with Gasteiger partial charge in [-0.05, 0) is 42.5 Å². The largest absolute Gasteiger partial charge is 0.422 e. The van der Waals surface area contributed by atoms with Crippen LogP contribution in [0.3, 0.4) is 0 Å². The first-order valence-corrected chi connectivity index (χ1v) is 7.10. The number of hydrogen-bond donors (Lipinski definition) is 0. The molecule has 0 saturated carbocycles. The number of carbonyl (C=O) groups is 1. The molecule has 0 aliphatic carbocycles. The minimum absolute atomic E-state index is 0.406. The lowest BCUT2D eigenvalue weighted by atomic mass is 10.1. The third kappa shape index (κ3) is 3.15. The Kier molecular flexibility index (Phi) is 4.17. The summed E-state index contributed by atoms with van der Waals surface area (Å²) in [6.07, 6.45) is 1.70. The van der Waals surface area contributed by atoms with Crippen LogP contribution in [0, 0.1) is 0 Å². The molecule has 0 radical (unpaired) electrons. The second kappa shape index (κ2) is 6.41. The summed E-state index contributed by atoms with van der Waals surface area (Å²) in [5.74, 6) is 0.0112. The Balaban J connectivity index is 1.92. The van der Waals surface area contributed by atoms with E-state index in [1.165, 1.54) is 0 Å². The lowest BCUT2D eigenvalue weighted by molar-refractivity contribution is 0.0735. The van der Waals surface area contributed by atoms with Crippen molar-refractivity contribution in [2.24, 2.45) is 0 Å². The lowest BCUT2D eigenvalue weighted by Crippen LogP contribution is -2.09. The number of pyridine rings is 1. The van der Waals surface area contributed by atoms with Gasteiger partial charge in [0.25, 0.3) is 0 Å². The van der Waals surface area contributed by atoms with Gasteiger partial charge in [0.15, 0.2) is 0 Å². The van der Waals surface area contributed by atoms with Gasteiger partial charge in [-0.15, -0.1) is 0 Å². The average molecular weight is 310 g/mol. The molecule has 0 spiro atoms. The normalized spacial score (nSPS) is 10.2. The predicted molar refractivity (Wildman–Crippen MR) is 86.1 cm³/mol. The second-order valence-corrected chi connectivity index (χ2v) is 5.05. The van der Waals surface area contributed by atoms with Gasteiger partial charge in [0.1, 0.15) is 5.75 Å². The Morgan fingerprint density at radius 1 is 0.955 bits per heavy atom. The van der Waals surface area contributed by atoms with Gasteiger partial charge in [-0.25, -0.2) is 4.79 Å². The van der Waals surface area contributed by atoms with Crippen LogP contribution in [0.5, 0.6) is 5.75 Å². The molecule has 0 atom stereocenters. The van der Waals surface area contributed by atoms with Crippen molar-refractivity contribution in [1.29, 1.82) is 0 Å². The molecular weight excluding hydrogens is 298 g/mol. The number of carbonyl (C=O) groups excluding carboxylic acids is 1. The van der Waals surface area contributed by atoms with Crippen molar-refractivity contribution in [2.75, 3.05) is 0 Å². The van der Waals surface area contributed by atoms with Crippen molar-refractivity contribution in [1.82, 2.24) is 4.98 Å². The standard InChI is InChI=1S/C18H12ClNO2/c19-14-7-5-6-13(12-14)18(21)22-17-10-2-1-8-15(17)16-9-3-4-11-20-16/h1-12H. The van der Waals surface area contributed by atoms with Gasteiger partial charge in [0.05, 0.1) is 11.3 Å². The van der Waals surface area contributed by atoms with Crippen molar-refractivity contribution in [3.8, 4) is 17.0 Å². The zero-order chi connectivity index (χ0) is 15.4. The molecule has 3 nitrogen and oxygen atoms in total. The summed E-state index contributed by atoms with van der Waals surface area (Å²) in [5, 5.41) is 0.493. The second-order valence-electron chi connectivity index (χ2n) is 4.61. The van der Waals surface area contributed by atoms with E-state index in [9.17, 15) is 4.79 Å². The lowest BCUT2D eigenvalue weighted by Gasteiger charge is -2.09. The Morgan fingerprint density at radius 2 is 1.77 bits per heavy atom. The molecule has 0 fully saturated rings. The molecule has 1 aromatic heterocycles. The summed E-state index contributed by atoms with van der Waals surface area (Å²) in [6.45, 7) is 0. The molecule has 2 aromatic carbocycles. The van der Waals surface area contributed by atoms with Gasteiger partial charge < -0.3 is 4.74 Å². The highest BCUT2D eigenvalue weighted by molar-refractivity contribution is 6.30. The zero-order valence-corrected chi connectivity index (χ0v) is 12.3. The molecule has 0 aliphatic heterocycles. The highest BCUT2D eigenvalue weighted by Gasteiger charge is 2.13. The van der Waals surface area contributed by atoms with Crippen molar-refractivity contribution < 1.29 is 9.53 Å². The average Bonchev–Trinajstić information content (AvgIpc) is 2.56. The minimum Gasteiger partial charge on any atom is -0.422 e. The zero-order valence-electron chi connectivity index (χ0n) is 11.6. The van der Waals surface area contributed by atoms with E-state index in [1.54, 1.807) is 36.5 Å². The van der Waals surface area contributed by atoms with E-state index >= 15 is 0 Å². The smallest absolute Gasteiger partial charge is 0.343 e. The third-order valence-corrected chi connectivity index (χ3v) is 3.33. The minimum atomic E-state index is -0.453. The topological polar surface area (TPSA) is 39.2 Å². The van der Waals surface area contributed by atoms with E-state index in [1.807, 2.05) is 36.4 Å². The molecule has 108 valence electrons. The fourth-order valence-corrected chi connectivity index (χ4v) is 2.25. The number of esters is 1. The molecular formula is C18H12ClNO2. The predicted octanol–water partition coefficient (Wildman–Crippen LogP) is 4.62. The van der Waals surface area contributed by atoms with Crippen molar-refractivity contribution >= 4 is 17.6 Å². The van der Waals surface area contributed by atoms with Crippen LogP contribution in [0.1, 0.15) is 10.4 Å². The highest BCUT2D eigenvalue weighted by atomic mass is 35.5. The summed E-state index contributed by atoms with van der Waals surface area (Å²) in [5.41, 5.74) is 1.92. The number of benzene rings is 2. The van der Waals surface area contributed by atoms with Crippen LogP contribution >= 0.6 is 11.6 Å². The summed E-state index contributed by atoms with van der Waals surface area (Å²) in [7, 11) is 0. The highest BCUT2D eigenvalue weighted by Crippen LogP contribution is 2.28. The third-order valence-electron chi connectivity index (χ3n) is 3.09. The monoisotopic (exact) mass is 309 g/mol. The number of aromatic nitrogens is 1.